The second-order valence-electron chi connectivity index (χ2n) is 2.80. The second-order valence-corrected chi connectivity index (χ2v) is 2.80. The quantitative estimate of drug-likeness (QED) is 0.722. The minimum absolute atomic E-state index is 0.144. The first kappa shape index (κ1) is 8.68. The zero-order chi connectivity index (χ0) is 9.97. The molecule has 0 bridgehead atoms. The lowest BCUT2D eigenvalue weighted by molar-refractivity contribution is 0.0604. The van der Waals surface area contributed by atoms with Gasteiger partial charge < -0.3 is 9.47 Å². The molecule has 1 atom stereocenters. The summed E-state index contributed by atoms with van der Waals surface area (Å²) < 4.78 is 10.5. The summed E-state index contributed by atoms with van der Waals surface area (Å²) in [5.74, 6) is 1.14. The molecule has 0 spiro atoms. The van der Waals surface area contributed by atoms with Gasteiger partial charge >= 0.3 is 6.09 Å². The summed E-state index contributed by atoms with van der Waals surface area (Å²) in [5.41, 5.74) is 0. The number of hydrogen-bond acceptors (Lipinski definition) is 3. The van der Waals surface area contributed by atoms with Crippen molar-refractivity contribution in [2.45, 2.75) is 6.23 Å². The lowest BCUT2D eigenvalue weighted by Gasteiger charge is -2.25. The molecule has 1 heterocycles. The number of carbonyl (C=O) groups is 1. The molecule has 0 aliphatic carbocycles. The molecule has 1 aromatic carbocycles. The number of nitrogens with one attached hydrogen (secondary N) is 1. The molecule has 5 nitrogen and oxygen atoms in total. The predicted octanol–water partition coefficient (Wildman–Crippen LogP) is 0.924. The first-order chi connectivity index (χ1) is 6.75. The Kier molecular flexibility index (Phi) is 2.14. The molecule has 1 aromatic rings. The van der Waals surface area contributed by atoms with Gasteiger partial charge in [-0.1, -0.05) is 12.1 Å². The third-order valence-corrected chi connectivity index (χ3v) is 1.79. The van der Waals surface area contributed by atoms with Crippen LogP contribution in [0.4, 0.5) is 4.79 Å². The lowest BCUT2D eigenvalue weighted by Crippen LogP contribution is -2.44. The van der Waals surface area contributed by atoms with Gasteiger partial charge in [0.2, 0.25) is 6.23 Å². The fraction of sp³-hybridized carbons (Fsp3) is 0.222. The highest BCUT2D eigenvalue weighted by Gasteiger charge is 2.21. The highest BCUT2D eigenvalue weighted by atomic mass is 16.6. The SMILES string of the molecule is [O]C(=O)NC1COc2ccccc2O1. The number of fused-ring (bicyclic) bond motifs is 1. The van der Waals surface area contributed by atoms with E-state index in [1.54, 1.807) is 18.2 Å². The number of carbonyl (C=O) groups excluding carboxylic acids is 1. The van der Waals surface area contributed by atoms with Crippen LogP contribution in [0, 0.1) is 0 Å². The molecule has 1 radical (unpaired) electrons. The first-order valence-electron chi connectivity index (χ1n) is 4.12. The van der Waals surface area contributed by atoms with Gasteiger partial charge in [-0.15, -0.1) is 0 Å². The Morgan fingerprint density at radius 2 is 2.07 bits per heavy atom. The lowest BCUT2D eigenvalue weighted by atomic mass is 10.3. The van der Waals surface area contributed by atoms with Crippen LogP contribution >= 0.6 is 0 Å². The number of rotatable bonds is 1. The molecule has 1 aliphatic heterocycles. The molecular formula is C9H8NO4. The van der Waals surface area contributed by atoms with Crippen LogP contribution in [0.2, 0.25) is 0 Å². The van der Waals surface area contributed by atoms with Gasteiger partial charge in [-0.25, -0.2) is 9.90 Å². The van der Waals surface area contributed by atoms with E-state index >= 15 is 0 Å². The van der Waals surface area contributed by atoms with Crippen molar-refractivity contribution in [1.29, 1.82) is 0 Å². The van der Waals surface area contributed by atoms with Gasteiger partial charge in [0, 0.05) is 0 Å². The van der Waals surface area contributed by atoms with Crippen molar-refractivity contribution in [2.75, 3.05) is 6.61 Å². The molecule has 14 heavy (non-hydrogen) atoms. The predicted molar refractivity (Wildman–Crippen MR) is 45.6 cm³/mol. The Bertz CT molecular complexity index is 352. The summed E-state index contributed by atoms with van der Waals surface area (Å²) in [5, 5.41) is 12.3. The molecule has 0 saturated carbocycles. The summed E-state index contributed by atoms with van der Waals surface area (Å²) in [4.78, 5) is 10.2. The van der Waals surface area contributed by atoms with E-state index in [-0.39, 0.29) is 6.61 Å². The van der Waals surface area contributed by atoms with E-state index < -0.39 is 12.3 Å². The summed E-state index contributed by atoms with van der Waals surface area (Å²) in [6, 6.07) is 7.06. The van der Waals surface area contributed by atoms with Gasteiger partial charge in [-0.3, -0.25) is 5.32 Å². The van der Waals surface area contributed by atoms with Crippen molar-refractivity contribution in [3.05, 3.63) is 24.3 Å². The van der Waals surface area contributed by atoms with Crippen molar-refractivity contribution >= 4 is 6.09 Å². The van der Waals surface area contributed by atoms with Crippen LogP contribution in [0.1, 0.15) is 0 Å². The van der Waals surface area contributed by atoms with E-state index in [1.165, 1.54) is 0 Å². The smallest absolute Gasteiger partial charge is 0.453 e. The molecule has 5 heteroatoms. The van der Waals surface area contributed by atoms with Crippen LogP contribution in [0.25, 0.3) is 0 Å². The fourth-order valence-electron chi connectivity index (χ4n) is 1.22. The van der Waals surface area contributed by atoms with Crippen molar-refractivity contribution in [3.63, 3.8) is 0 Å². The molecule has 2 rings (SSSR count). The largest absolute Gasteiger partial charge is 0.484 e. The monoisotopic (exact) mass is 194 g/mol. The van der Waals surface area contributed by atoms with E-state index in [0.29, 0.717) is 11.5 Å². The van der Waals surface area contributed by atoms with Crippen LogP contribution in [0.5, 0.6) is 11.5 Å². The molecular weight excluding hydrogens is 186 g/mol. The minimum atomic E-state index is -1.38. The Morgan fingerprint density at radius 3 is 2.79 bits per heavy atom. The van der Waals surface area contributed by atoms with Crippen molar-refractivity contribution in [3.8, 4) is 11.5 Å². The van der Waals surface area contributed by atoms with Crippen molar-refractivity contribution < 1.29 is 19.4 Å². The maximum atomic E-state index is 10.2. The number of para-hydroxylation sites is 2. The maximum absolute atomic E-state index is 10.2. The highest BCUT2D eigenvalue weighted by Crippen LogP contribution is 2.30. The number of ether oxygens (including phenoxy) is 2. The average Bonchev–Trinajstić information content (AvgIpc) is 2.17. The third kappa shape index (κ3) is 1.71. The molecule has 0 saturated heterocycles. The van der Waals surface area contributed by atoms with Gasteiger partial charge in [0.25, 0.3) is 0 Å². The third-order valence-electron chi connectivity index (χ3n) is 1.79. The average molecular weight is 194 g/mol. The molecule has 1 amide bonds. The molecule has 1 N–H and O–H groups in total. The number of amides is 1. The molecule has 1 unspecified atom stereocenters. The summed E-state index contributed by atoms with van der Waals surface area (Å²) in [6.45, 7) is 0.144. The molecule has 0 fully saturated rings. The van der Waals surface area contributed by atoms with E-state index in [2.05, 4.69) is 5.32 Å². The molecule has 73 valence electrons. The first-order valence-corrected chi connectivity index (χ1v) is 4.12. The van der Waals surface area contributed by atoms with Crippen LogP contribution in [-0.2, 0) is 5.11 Å². The van der Waals surface area contributed by atoms with E-state index in [9.17, 15) is 9.90 Å². The fourth-order valence-corrected chi connectivity index (χ4v) is 1.22. The van der Waals surface area contributed by atoms with E-state index in [4.69, 9.17) is 9.47 Å². The van der Waals surface area contributed by atoms with Crippen molar-refractivity contribution in [2.24, 2.45) is 0 Å². The Balaban J connectivity index is 2.09. The van der Waals surface area contributed by atoms with Gasteiger partial charge in [-0.2, -0.15) is 0 Å². The van der Waals surface area contributed by atoms with Crippen LogP contribution < -0.4 is 14.8 Å². The van der Waals surface area contributed by atoms with Crippen molar-refractivity contribution in [1.82, 2.24) is 5.32 Å². The van der Waals surface area contributed by atoms with E-state index in [0.717, 1.165) is 0 Å². The zero-order valence-corrected chi connectivity index (χ0v) is 7.23. The van der Waals surface area contributed by atoms with Gasteiger partial charge in [0.05, 0.1) is 0 Å². The van der Waals surface area contributed by atoms with Crippen LogP contribution in [0.3, 0.4) is 0 Å². The zero-order valence-electron chi connectivity index (χ0n) is 7.23. The standard InChI is InChI=1S/C9H8NO4/c11-9(12)10-8-5-13-6-3-1-2-4-7(6)14-8/h1-4,8,10H,5H2. The number of benzene rings is 1. The Hall–Kier alpha value is -1.91. The summed E-state index contributed by atoms with van der Waals surface area (Å²) in [7, 11) is 0. The van der Waals surface area contributed by atoms with E-state index in [1.807, 2.05) is 6.07 Å². The van der Waals surface area contributed by atoms with Crippen LogP contribution in [0.15, 0.2) is 24.3 Å². The Morgan fingerprint density at radius 1 is 1.36 bits per heavy atom. The maximum Gasteiger partial charge on any atom is 0.453 e. The second kappa shape index (κ2) is 3.45. The number of hydrogen-bond donors (Lipinski definition) is 1. The normalized spacial score (nSPS) is 18.7. The molecule has 0 aromatic heterocycles. The topological polar surface area (TPSA) is 67.5 Å². The summed E-state index contributed by atoms with van der Waals surface area (Å²) in [6.07, 6.45) is -2.08. The van der Waals surface area contributed by atoms with Gasteiger partial charge in [0.1, 0.15) is 6.61 Å². The van der Waals surface area contributed by atoms with Gasteiger partial charge in [-0.05, 0) is 12.1 Å². The Labute approximate surface area is 80.3 Å². The van der Waals surface area contributed by atoms with Crippen LogP contribution in [-0.4, -0.2) is 18.9 Å². The highest BCUT2D eigenvalue weighted by molar-refractivity contribution is 5.64. The molecule has 1 aliphatic rings. The minimum Gasteiger partial charge on any atom is -0.484 e. The summed E-state index contributed by atoms with van der Waals surface area (Å²) >= 11 is 0. The van der Waals surface area contributed by atoms with Gasteiger partial charge in [0.15, 0.2) is 11.5 Å².